The van der Waals surface area contributed by atoms with Crippen LogP contribution in [0.4, 0.5) is 0 Å². The Bertz CT molecular complexity index is 763. The largest absolute Gasteiger partial charge is 0.335 e. The van der Waals surface area contributed by atoms with Gasteiger partial charge in [0.1, 0.15) is 0 Å². The highest BCUT2D eigenvalue weighted by Crippen LogP contribution is 2.32. The number of benzene rings is 1. The summed E-state index contributed by atoms with van der Waals surface area (Å²) >= 11 is 0. The molecule has 27 heavy (non-hydrogen) atoms. The number of hydrogen-bond acceptors (Lipinski definition) is 3. The van der Waals surface area contributed by atoms with Gasteiger partial charge in [0.2, 0.25) is 5.91 Å². The van der Waals surface area contributed by atoms with Crippen LogP contribution in [0.5, 0.6) is 0 Å². The second-order valence-corrected chi connectivity index (χ2v) is 7.72. The first kappa shape index (κ1) is 19.8. The number of rotatable bonds is 5. The zero-order valence-electron chi connectivity index (χ0n) is 15.8. The lowest BCUT2D eigenvalue weighted by atomic mass is 9.91. The zero-order chi connectivity index (χ0) is 17.9. The van der Waals surface area contributed by atoms with E-state index in [0.717, 1.165) is 49.9 Å². The first-order chi connectivity index (χ1) is 12.7. The SMILES string of the molecule is C[C@H]1C[C@@H](C(=O)N(Cc2cccc(-c3cccnc3)c2)C2CC2)CCN1.Cl. The van der Waals surface area contributed by atoms with E-state index >= 15 is 0 Å². The molecule has 2 aromatic rings. The van der Waals surface area contributed by atoms with Crippen LogP contribution in [0, 0.1) is 5.92 Å². The molecule has 0 radical (unpaired) electrons. The fourth-order valence-corrected chi connectivity index (χ4v) is 3.94. The molecule has 4 nitrogen and oxygen atoms in total. The van der Waals surface area contributed by atoms with Gasteiger partial charge in [-0.2, -0.15) is 0 Å². The first-order valence-corrected chi connectivity index (χ1v) is 9.74. The van der Waals surface area contributed by atoms with Crippen LogP contribution >= 0.6 is 12.4 Å². The molecule has 2 heterocycles. The van der Waals surface area contributed by atoms with Crippen molar-refractivity contribution in [1.82, 2.24) is 15.2 Å². The van der Waals surface area contributed by atoms with Gasteiger partial charge in [0.15, 0.2) is 0 Å². The van der Waals surface area contributed by atoms with Gasteiger partial charge >= 0.3 is 0 Å². The van der Waals surface area contributed by atoms with Crippen LogP contribution in [0.15, 0.2) is 48.8 Å². The standard InChI is InChI=1S/C22H27N3O.ClH/c1-16-12-19(9-11-24-16)22(26)25(21-7-8-21)15-17-4-2-5-18(13-17)20-6-3-10-23-14-20;/h2-6,10,13-14,16,19,21,24H,7-9,11-12,15H2,1H3;1H/t16-,19-;/m0./s1. The Kier molecular flexibility index (Phi) is 6.51. The van der Waals surface area contributed by atoms with Crippen molar-refractivity contribution >= 4 is 18.3 Å². The molecule has 0 bridgehead atoms. The molecule has 2 atom stereocenters. The number of carbonyl (C=O) groups is 1. The van der Waals surface area contributed by atoms with E-state index in [4.69, 9.17) is 0 Å². The summed E-state index contributed by atoms with van der Waals surface area (Å²) in [7, 11) is 0. The number of nitrogens with zero attached hydrogens (tertiary/aromatic N) is 2. The van der Waals surface area contributed by atoms with Crippen molar-refractivity contribution in [3.8, 4) is 11.1 Å². The summed E-state index contributed by atoms with van der Waals surface area (Å²) in [5, 5.41) is 3.45. The Hall–Kier alpha value is -1.91. The molecule has 2 fully saturated rings. The summed E-state index contributed by atoms with van der Waals surface area (Å²) in [5.41, 5.74) is 3.48. The highest BCUT2D eigenvalue weighted by atomic mass is 35.5. The van der Waals surface area contributed by atoms with E-state index in [1.54, 1.807) is 6.20 Å². The molecule has 1 saturated carbocycles. The molecular formula is C22H28ClN3O. The van der Waals surface area contributed by atoms with E-state index < -0.39 is 0 Å². The predicted molar refractivity (Wildman–Crippen MR) is 111 cm³/mol. The third kappa shape index (κ3) is 4.88. The molecule has 5 heteroatoms. The Labute approximate surface area is 167 Å². The van der Waals surface area contributed by atoms with E-state index in [-0.39, 0.29) is 18.3 Å². The third-order valence-corrected chi connectivity index (χ3v) is 5.52. The minimum Gasteiger partial charge on any atom is -0.335 e. The summed E-state index contributed by atoms with van der Waals surface area (Å²) in [6.07, 6.45) is 7.89. The maximum absolute atomic E-state index is 13.2. The number of aromatic nitrogens is 1. The average Bonchev–Trinajstić information content (AvgIpc) is 3.52. The molecule has 1 aliphatic carbocycles. The van der Waals surface area contributed by atoms with Crippen molar-refractivity contribution in [2.24, 2.45) is 5.92 Å². The molecule has 1 aliphatic heterocycles. The molecule has 144 valence electrons. The Balaban J connectivity index is 0.00000210. The monoisotopic (exact) mass is 385 g/mol. The molecule has 1 aromatic carbocycles. The van der Waals surface area contributed by atoms with Crippen molar-refractivity contribution in [1.29, 1.82) is 0 Å². The van der Waals surface area contributed by atoms with Gasteiger partial charge in [0, 0.05) is 36.9 Å². The number of halogens is 1. The van der Waals surface area contributed by atoms with Crippen LogP contribution in [-0.2, 0) is 11.3 Å². The van der Waals surface area contributed by atoms with Crippen LogP contribution in [-0.4, -0.2) is 34.4 Å². The van der Waals surface area contributed by atoms with E-state index in [1.165, 1.54) is 5.56 Å². The summed E-state index contributed by atoms with van der Waals surface area (Å²) in [6, 6.07) is 13.4. The minimum absolute atomic E-state index is 0. The first-order valence-electron chi connectivity index (χ1n) is 9.74. The molecule has 0 spiro atoms. The van der Waals surface area contributed by atoms with Gasteiger partial charge < -0.3 is 10.2 Å². The number of carbonyl (C=O) groups excluding carboxylic acids is 1. The quantitative estimate of drug-likeness (QED) is 0.844. The van der Waals surface area contributed by atoms with Crippen LogP contribution in [0.2, 0.25) is 0 Å². The van der Waals surface area contributed by atoms with Crippen LogP contribution < -0.4 is 5.32 Å². The molecule has 4 rings (SSSR count). The predicted octanol–water partition coefficient (Wildman–Crippen LogP) is 4.05. The summed E-state index contributed by atoms with van der Waals surface area (Å²) < 4.78 is 0. The molecule has 1 aromatic heterocycles. The second kappa shape index (κ2) is 8.85. The molecule has 1 amide bonds. The van der Waals surface area contributed by atoms with Crippen molar-refractivity contribution < 1.29 is 4.79 Å². The summed E-state index contributed by atoms with van der Waals surface area (Å²) in [4.78, 5) is 19.5. The van der Waals surface area contributed by atoms with E-state index in [0.29, 0.717) is 18.0 Å². The Morgan fingerprint density at radius 3 is 2.70 bits per heavy atom. The lowest BCUT2D eigenvalue weighted by molar-refractivity contribution is -0.138. The molecule has 2 aliphatic rings. The molecule has 1 saturated heterocycles. The minimum atomic E-state index is 0. The van der Waals surface area contributed by atoms with E-state index in [1.807, 2.05) is 12.3 Å². The fraction of sp³-hybridized carbons (Fsp3) is 0.455. The van der Waals surface area contributed by atoms with Gasteiger partial charge in [0.05, 0.1) is 0 Å². The van der Waals surface area contributed by atoms with Crippen molar-refractivity contribution in [3.63, 3.8) is 0 Å². The highest BCUT2D eigenvalue weighted by Gasteiger charge is 2.36. The van der Waals surface area contributed by atoms with Crippen LogP contribution in [0.3, 0.4) is 0 Å². The smallest absolute Gasteiger partial charge is 0.226 e. The summed E-state index contributed by atoms with van der Waals surface area (Å²) in [5.74, 6) is 0.529. The third-order valence-electron chi connectivity index (χ3n) is 5.52. The highest BCUT2D eigenvalue weighted by molar-refractivity contribution is 5.85. The zero-order valence-corrected chi connectivity index (χ0v) is 16.6. The fourth-order valence-electron chi connectivity index (χ4n) is 3.94. The number of hydrogen-bond donors (Lipinski definition) is 1. The lowest BCUT2D eigenvalue weighted by Gasteiger charge is -2.32. The molecule has 1 N–H and O–H groups in total. The van der Waals surface area contributed by atoms with E-state index in [9.17, 15) is 4.79 Å². The van der Waals surface area contributed by atoms with Gasteiger partial charge in [-0.05, 0) is 68.0 Å². The maximum Gasteiger partial charge on any atom is 0.226 e. The van der Waals surface area contributed by atoms with Crippen molar-refractivity contribution in [2.75, 3.05) is 6.54 Å². The number of piperidine rings is 1. The number of amides is 1. The number of pyridine rings is 1. The molecular weight excluding hydrogens is 358 g/mol. The van der Waals surface area contributed by atoms with Gasteiger partial charge in [0.25, 0.3) is 0 Å². The lowest BCUT2D eigenvalue weighted by Crippen LogP contribution is -2.44. The Morgan fingerprint density at radius 1 is 1.19 bits per heavy atom. The van der Waals surface area contributed by atoms with Gasteiger partial charge in [-0.1, -0.05) is 24.3 Å². The summed E-state index contributed by atoms with van der Waals surface area (Å²) in [6.45, 7) is 3.85. The Morgan fingerprint density at radius 2 is 2.00 bits per heavy atom. The van der Waals surface area contributed by atoms with Crippen LogP contribution in [0.25, 0.3) is 11.1 Å². The maximum atomic E-state index is 13.2. The van der Waals surface area contributed by atoms with Gasteiger partial charge in [-0.3, -0.25) is 9.78 Å². The van der Waals surface area contributed by atoms with Gasteiger partial charge in [-0.25, -0.2) is 0 Å². The van der Waals surface area contributed by atoms with Crippen LogP contribution in [0.1, 0.15) is 38.2 Å². The average molecular weight is 386 g/mol. The number of nitrogens with one attached hydrogen (secondary N) is 1. The van der Waals surface area contributed by atoms with Crippen molar-refractivity contribution in [3.05, 3.63) is 54.4 Å². The van der Waals surface area contributed by atoms with Crippen molar-refractivity contribution in [2.45, 2.75) is 51.2 Å². The second-order valence-electron chi connectivity index (χ2n) is 7.72. The van der Waals surface area contributed by atoms with Gasteiger partial charge in [-0.15, -0.1) is 12.4 Å². The topological polar surface area (TPSA) is 45.2 Å². The van der Waals surface area contributed by atoms with E-state index in [2.05, 4.69) is 52.5 Å². The normalized spacial score (nSPS) is 22.0. The molecule has 0 unspecified atom stereocenters.